The lowest BCUT2D eigenvalue weighted by Gasteiger charge is -2.27. The van der Waals surface area contributed by atoms with Gasteiger partial charge >= 0.3 is 0 Å². The zero-order valence-electron chi connectivity index (χ0n) is 12.0. The minimum atomic E-state index is -0.0385. The average Bonchev–Trinajstić information content (AvgIpc) is 2.23. The highest BCUT2D eigenvalue weighted by Gasteiger charge is 2.21. The first kappa shape index (κ1) is 16.4. The van der Waals surface area contributed by atoms with Crippen LogP contribution >= 0.6 is 0 Å². The lowest BCUT2D eigenvalue weighted by atomic mass is 9.99. The summed E-state index contributed by atoms with van der Waals surface area (Å²) >= 11 is 0. The molecule has 4 nitrogen and oxygen atoms in total. The number of carbonyl (C=O) groups excluding carboxylic acids is 1. The molecule has 3 N–H and O–H groups in total. The first-order valence-electron chi connectivity index (χ1n) is 6.57. The van der Waals surface area contributed by atoms with E-state index in [0.717, 1.165) is 19.4 Å². The van der Waals surface area contributed by atoms with Gasteiger partial charge in [0.15, 0.2) is 0 Å². The highest BCUT2D eigenvalue weighted by atomic mass is 16.2. The lowest BCUT2D eigenvalue weighted by Crippen LogP contribution is -2.48. The summed E-state index contributed by atoms with van der Waals surface area (Å²) in [6, 6.07) is 0.198. The number of nitrogens with one attached hydrogen (secondary N) is 1. The van der Waals surface area contributed by atoms with Gasteiger partial charge in [0.05, 0.1) is 5.92 Å². The van der Waals surface area contributed by atoms with Crippen LogP contribution in [-0.2, 0) is 4.79 Å². The third-order valence-corrected chi connectivity index (χ3v) is 2.99. The molecule has 0 saturated carbocycles. The summed E-state index contributed by atoms with van der Waals surface area (Å²) in [7, 11) is 4.04. The van der Waals surface area contributed by atoms with E-state index < -0.39 is 0 Å². The Bertz CT molecular complexity index is 217. The Hall–Kier alpha value is -0.610. The van der Waals surface area contributed by atoms with Crippen LogP contribution in [0.3, 0.4) is 0 Å². The van der Waals surface area contributed by atoms with E-state index in [0.29, 0.717) is 12.5 Å². The standard InChI is InChI=1S/C13H29N3O/c1-6-7-11(8-14)13(17)15-12(10(2)3)9-16(4)5/h10-12H,6-9,14H2,1-5H3,(H,15,17). The van der Waals surface area contributed by atoms with Crippen molar-refractivity contribution in [1.82, 2.24) is 10.2 Å². The van der Waals surface area contributed by atoms with Crippen molar-refractivity contribution in [3.05, 3.63) is 0 Å². The number of carbonyl (C=O) groups is 1. The zero-order chi connectivity index (χ0) is 13.4. The van der Waals surface area contributed by atoms with Crippen LogP contribution in [0.2, 0.25) is 0 Å². The maximum absolute atomic E-state index is 12.1. The second-order valence-corrected chi connectivity index (χ2v) is 5.34. The molecule has 0 aliphatic heterocycles. The topological polar surface area (TPSA) is 58.4 Å². The number of rotatable bonds is 8. The summed E-state index contributed by atoms with van der Waals surface area (Å²) < 4.78 is 0. The van der Waals surface area contributed by atoms with Gasteiger partial charge in [0, 0.05) is 19.1 Å². The van der Waals surface area contributed by atoms with Crippen molar-refractivity contribution in [2.75, 3.05) is 27.2 Å². The van der Waals surface area contributed by atoms with Gasteiger partial charge in [-0.1, -0.05) is 27.2 Å². The molecule has 0 aromatic carbocycles. The minimum Gasteiger partial charge on any atom is -0.352 e. The molecule has 0 aliphatic carbocycles. The minimum absolute atomic E-state index is 0.0385. The molecule has 4 heteroatoms. The van der Waals surface area contributed by atoms with Crippen molar-refractivity contribution in [2.24, 2.45) is 17.6 Å². The Balaban J connectivity index is 4.37. The van der Waals surface area contributed by atoms with Crippen LogP contribution in [-0.4, -0.2) is 44.0 Å². The summed E-state index contributed by atoms with van der Waals surface area (Å²) in [4.78, 5) is 14.2. The van der Waals surface area contributed by atoms with Gasteiger partial charge in [0.1, 0.15) is 0 Å². The number of hydrogen-bond donors (Lipinski definition) is 2. The van der Waals surface area contributed by atoms with Crippen molar-refractivity contribution in [2.45, 2.75) is 39.7 Å². The first-order valence-corrected chi connectivity index (χ1v) is 6.57. The van der Waals surface area contributed by atoms with Crippen molar-refractivity contribution < 1.29 is 4.79 Å². The van der Waals surface area contributed by atoms with Gasteiger partial charge in [-0.25, -0.2) is 0 Å². The molecule has 17 heavy (non-hydrogen) atoms. The molecule has 0 rings (SSSR count). The molecule has 0 radical (unpaired) electrons. The Morgan fingerprint density at radius 2 is 1.94 bits per heavy atom. The number of nitrogens with zero attached hydrogens (tertiary/aromatic N) is 1. The van der Waals surface area contributed by atoms with Crippen molar-refractivity contribution in [1.29, 1.82) is 0 Å². The van der Waals surface area contributed by atoms with Crippen LogP contribution in [0.1, 0.15) is 33.6 Å². The Morgan fingerprint density at radius 1 is 1.35 bits per heavy atom. The van der Waals surface area contributed by atoms with Crippen molar-refractivity contribution >= 4 is 5.91 Å². The van der Waals surface area contributed by atoms with Crippen molar-refractivity contribution in [3.8, 4) is 0 Å². The van der Waals surface area contributed by atoms with Gasteiger partial charge in [-0.05, 0) is 26.4 Å². The van der Waals surface area contributed by atoms with Crippen LogP contribution in [0.4, 0.5) is 0 Å². The highest BCUT2D eigenvalue weighted by Crippen LogP contribution is 2.08. The molecule has 102 valence electrons. The van der Waals surface area contributed by atoms with E-state index in [1.165, 1.54) is 0 Å². The maximum atomic E-state index is 12.1. The van der Waals surface area contributed by atoms with Gasteiger partial charge in [0.2, 0.25) is 5.91 Å². The SMILES string of the molecule is CCCC(CN)C(=O)NC(CN(C)C)C(C)C. The van der Waals surface area contributed by atoms with E-state index in [9.17, 15) is 4.79 Å². The quantitative estimate of drug-likeness (QED) is 0.670. The largest absolute Gasteiger partial charge is 0.352 e. The molecular weight excluding hydrogens is 214 g/mol. The summed E-state index contributed by atoms with van der Waals surface area (Å²) in [5.74, 6) is 0.500. The van der Waals surface area contributed by atoms with Crippen LogP contribution in [0, 0.1) is 11.8 Å². The molecule has 0 spiro atoms. The molecular formula is C13H29N3O. The summed E-state index contributed by atoms with van der Waals surface area (Å²) in [6.07, 6.45) is 1.87. The van der Waals surface area contributed by atoms with Crippen LogP contribution in [0.5, 0.6) is 0 Å². The van der Waals surface area contributed by atoms with Crippen molar-refractivity contribution in [3.63, 3.8) is 0 Å². The predicted molar refractivity (Wildman–Crippen MR) is 72.8 cm³/mol. The lowest BCUT2D eigenvalue weighted by molar-refractivity contribution is -0.126. The Kier molecular flexibility index (Phi) is 8.17. The van der Waals surface area contributed by atoms with Crippen LogP contribution in [0.25, 0.3) is 0 Å². The van der Waals surface area contributed by atoms with Gasteiger partial charge in [-0.2, -0.15) is 0 Å². The molecule has 1 amide bonds. The smallest absolute Gasteiger partial charge is 0.224 e. The second-order valence-electron chi connectivity index (χ2n) is 5.34. The van der Waals surface area contributed by atoms with E-state index in [1.54, 1.807) is 0 Å². The molecule has 0 aromatic rings. The van der Waals surface area contributed by atoms with Crippen LogP contribution < -0.4 is 11.1 Å². The summed E-state index contributed by atoms with van der Waals surface area (Å²) in [5, 5.41) is 3.12. The fraction of sp³-hybridized carbons (Fsp3) is 0.923. The van der Waals surface area contributed by atoms with E-state index in [2.05, 4.69) is 31.0 Å². The van der Waals surface area contributed by atoms with E-state index in [-0.39, 0.29) is 17.9 Å². The normalized spacial score (nSPS) is 15.1. The van der Waals surface area contributed by atoms with Gasteiger partial charge in [0.25, 0.3) is 0 Å². The molecule has 2 atom stereocenters. The molecule has 0 bridgehead atoms. The fourth-order valence-corrected chi connectivity index (χ4v) is 1.82. The molecule has 0 heterocycles. The zero-order valence-corrected chi connectivity index (χ0v) is 12.0. The molecule has 0 aromatic heterocycles. The fourth-order valence-electron chi connectivity index (χ4n) is 1.82. The summed E-state index contributed by atoms with van der Waals surface area (Å²) in [6.45, 7) is 7.65. The second kappa shape index (κ2) is 8.48. The average molecular weight is 243 g/mol. The molecule has 0 aliphatic rings. The van der Waals surface area contributed by atoms with E-state index >= 15 is 0 Å². The highest BCUT2D eigenvalue weighted by molar-refractivity contribution is 5.79. The number of nitrogens with two attached hydrogens (primary N) is 1. The summed E-state index contributed by atoms with van der Waals surface area (Å²) in [5.41, 5.74) is 5.64. The number of hydrogen-bond acceptors (Lipinski definition) is 3. The molecule has 0 fully saturated rings. The third kappa shape index (κ3) is 6.64. The first-order chi connectivity index (χ1) is 7.92. The van der Waals surface area contributed by atoms with E-state index in [4.69, 9.17) is 5.73 Å². The van der Waals surface area contributed by atoms with Gasteiger partial charge < -0.3 is 16.0 Å². The van der Waals surface area contributed by atoms with Gasteiger partial charge in [-0.15, -0.1) is 0 Å². The van der Waals surface area contributed by atoms with Crippen LogP contribution in [0.15, 0.2) is 0 Å². The number of amides is 1. The third-order valence-electron chi connectivity index (χ3n) is 2.99. The maximum Gasteiger partial charge on any atom is 0.224 e. The molecule has 2 unspecified atom stereocenters. The van der Waals surface area contributed by atoms with E-state index in [1.807, 2.05) is 14.1 Å². The van der Waals surface area contributed by atoms with Gasteiger partial charge in [-0.3, -0.25) is 4.79 Å². The molecule has 0 saturated heterocycles. The monoisotopic (exact) mass is 243 g/mol. The predicted octanol–water partition coefficient (Wildman–Crippen LogP) is 1.06. The Morgan fingerprint density at radius 3 is 2.29 bits per heavy atom. The number of likely N-dealkylation sites (N-methyl/N-ethyl adjacent to an activating group) is 1. The Labute approximate surface area is 106 Å².